The molecule has 142 valence electrons. The van der Waals surface area contributed by atoms with E-state index in [4.69, 9.17) is 19.5 Å². The van der Waals surface area contributed by atoms with Gasteiger partial charge in [0.2, 0.25) is 11.7 Å². The molecule has 0 aliphatic heterocycles. The second kappa shape index (κ2) is 8.55. The first-order valence-electron chi connectivity index (χ1n) is 8.20. The first-order valence-corrected chi connectivity index (χ1v) is 8.20. The minimum Gasteiger partial charge on any atom is -0.493 e. The summed E-state index contributed by atoms with van der Waals surface area (Å²) in [6.45, 7) is 0. The molecule has 1 heterocycles. The summed E-state index contributed by atoms with van der Waals surface area (Å²) in [5.41, 5.74) is 2.00. The Morgan fingerprint density at radius 3 is 2.14 bits per heavy atom. The smallest absolute Gasteiger partial charge is 0.249 e. The lowest BCUT2D eigenvalue weighted by atomic mass is 10.2. The van der Waals surface area contributed by atoms with E-state index in [0.29, 0.717) is 34.3 Å². The van der Waals surface area contributed by atoms with Gasteiger partial charge in [0.15, 0.2) is 17.3 Å². The zero-order valence-electron chi connectivity index (χ0n) is 15.6. The molecule has 0 fully saturated rings. The molecule has 3 rings (SSSR count). The number of nitrogens with one attached hydrogen (secondary N) is 2. The Bertz CT molecular complexity index is 976. The summed E-state index contributed by atoms with van der Waals surface area (Å²) in [7, 11) is 4.63. The minimum atomic E-state index is 0.285. The van der Waals surface area contributed by atoms with Crippen LogP contribution in [0, 0.1) is 11.3 Å². The van der Waals surface area contributed by atoms with E-state index in [0.717, 1.165) is 5.69 Å². The molecule has 2 N–H and O–H groups in total. The first-order chi connectivity index (χ1) is 13.7. The highest BCUT2D eigenvalue weighted by atomic mass is 16.5. The maximum atomic E-state index is 8.87. The number of rotatable bonds is 7. The predicted molar refractivity (Wildman–Crippen MR) is 104 cm³/mol. The van der Waals surface area contributed by atoms with Crippen molar-refractivity contribution in [3.63, 3.8) is 0 Å². The third-order valence-corrected chi connectivity index (χ3v) is 3.77. The molecule has 0 aliphatic carbocycles. The lowest BCUT2D eigenvalue weighted by molar-refractivity contribution is 0.324. The van der Waals surface area contributed by atoms with Gasteiger partial charge >= 0.3 is 0 Å². The molecule has 0 amide bonds. The fourth-order valence-electron chi connectivity index (χ4n) is 2.48. The average molecular weight is 378 g/mol. The zero-order chi connectivity index (χ0) is 19.9. The molecule has 0 unspecified atom stereocenters. The number of hydrogen-bond acceptors (Lipinski definition) is 9. The molecule has 0 atom stereocenters. The SMILES string of the molecule is COc1cc(Nc2nncc(Nc3ccc(C#N)cc3)n2)cc(OC)c1OC. The number of hydrogen-bond donors (Lipinski definition) is 2. The van der Waals surface area contributed by atoms with Gasteiger partial charge in [0, 0.05) is 23.5 Å². The van der Waals surface area contributed by atoms with Crippen molar-refractivity contribution in [2.75, 3.05) is 32.0 Å². The molecular weight excluding hydrogens is 360 g/mol. The van der Waals surface area contributed by atoms with E-state index in [2.05, 4.69) is 31.9 Å². The second-order valence-corrected chi connectivity index (χ2v) is 5.52. The minimum absolute atomic E-state index is 0.285. The topological polar surface area (TPSA) is 114 Å². The van der Waals surface area contributed by atoms with E-state index in [1.807, 2.05) is 0 Å². The van der Waals surface area contributed by atoms with Crippen molar-refractivity contribution < 1.29 is 14.2 Å². The van der Waals surface area contributed by atoms with Gasteiger partial charge in [0.25, 0.3) is 0 Å². The van der Waals surface area contributed by atoms with Gasteiger partial charge in [0.05, 0.1) is 39.2 Å². The van der Waals surface area contributed by atoms with Crippen molar-refractivity contribution in [1.29, 1.82) is 5.26 Å². The summed E-state index contributed by atoms with van der Waals surface area (Å²) >= 11 is 0. The van der Waals surface area contributed by atoms with Crippen LogP contribution in [0.3, 0.4) is 0 Å². The highest BCUT2D eigenvalue weighted by molar-refractivity contribution is 5.66. The summed E-state index contributed by atoms with van der Waals surface area (Å²) in [6.07, 6.45) is 1.50. The molecule has 28 heavy (non-hydrogen) atoms. The quantitative estimate of drug-likeness (QED) is 0.639. The third-order valence-electron chi connectivity index (χ3n) is 3.77. The fourth-order valence-corrected chi connectivity index (χ4v) is 2.48. The van der Waals surface area contributed by atoms with Crippen molar-refractivity contribution in [3.05, 3.63) is 48.2 Å². The van der Waals surface area contributed by atoms with Crippen molar-refractivity contribution >= 4 is 23.1 Å². The van der Waals surface area contributed by atoms with Gasteiger partial charge in [0.1, 0.15) is 0 Å². The van der Waals surface area contributed by atoms with E-state index in [1.54, 1.807) is 57.7 Å². The lowest BCUT2D eigenvalue weighted by Crippen LogP contribution is -2.03. The number of nitriles is 1. The normalized spacial score (nSPS) is 9.93. The first kappa shape index (κ1) is 18.7. The molecule has 0 bridgehead atoms. The van der Waals surface area contributed by atoms with Crippen LogP contribution in [0.1, 0.15) is 5.56 Å². The molecule has 0 saturated carbocycles. The molecule has 0 radical (unpaired) electrons. The van der Waals surface area contributed by atoms with Crippen LogP contribution in [-0.4, -0.2) is 36.5 Å². The van der Waals surface area contributed by atoms with Crippen molar-refractivity contribution in [3.8, 4) is 23.3 Å². The van der Waals surface area contributed by atoms with E-state index < -0.39 is 0 Å². The monoisotopic (exact) mass is 378 g/mol. The molecule has 0 spiro atoms. The maximum absolute atomic E-state index is 8.87. The van der Waals surface area contributed by atoms with Gasteiger partial charge in [-0.3, -0.25) is 0 Å². The van der Waals surface area contributed by atoms with Crippen LogP contribution in [0.4, 0.5) is 23.1 Å². The molecular formula is C19H18N6O3. The number of benzene rings is 2. The van der Waals surface area contributed by atoms with Gasteiger partial charge in [-0.25, -0.2) is 0 Å². The van der Waals surface area contributed by atoms with E-state index >= 15 is 0 Å². The Kier molecular flexibility index (Phi) is 5.72. The van der Waals surface area contributed by atoms with Crippen LogP contribution < -0.4 is 24.8 Å². The van der Waals surface area contributed by atoms with Crippen LogP contribution in [0.2, 0.25) is 0 Å². The van der Waals surface area contributed by atoms with Gasteiger partial charge in [-0.2, -0.15) is 15.3 Å². The van der Waals surface area contributed by atoms with Gasteiger partial charge < -0.3 is 24.8 Å². The average Bonchev–Trinajstić information content (AvgIpc) is 2.73. The molecule has 2 aromatic carbocycles. The molecule has 0 aliphatic rings. The number of aromatic nitrogens is 3. The standard InChI is InChI=1S/C19H18N6O3/c1-26-15-8-14(9-16(27-2)18(15)28-3)23-19-24-17(11-21-25-19)22-13-6-4-12(10-20)5-7-13/h4-9,11H,1-3H3,(H2,22,23,24,25). The number of anilines is 4. The van der Waals surface area contributed by atoms with Gasteiger partial charge in [-0.05, 0) is 24.3 Å². The van der Waals surface area contributed by atoms with Gasteiger partial charge in [-0.1, -0.05) is 0 Å². The Hall–Kier alpha value is -4.06. The Morgan fingerprint density at radius 2 is 1.57 bits per heavy atom. The number of nitrogens with zero attached hydrogens (tertiary/aromatic N) is 4. The molecule has 3 aromatic rings. The van der Waals surface area contributed by atoms with Crippen molar-refractivity contribution in [2.24, 2.45) is 0 Å². The van der Waals surface area contributed by atoms with Crippen molar-refractivity contribution in [1.82, 2.24) is 15.2 Å². The molecule has 9 nitrogen and oxygen atoms in total. The van der Waals surface area contributed by atoms with E-state index in [1.165, 1.54) is 6.20 Å². The highest BCUT2D eigenvalue weighted by Gasteiger charge is 2.14. The number of ether oxygens (including phenoxy) is 3. The summed E-state index contributed by atoms with van der Waals surface area (Å²) in [4.78, 5) is 4.39. The largest absolute Gasteiger partial charge is 0.493 e. The second-order valence-electron chi connectivity index (χ2n) is 5.52. The molecule has 1 aromatic heterocycles. The Balaban J connectivity index is 1.81. The summed E-state index contributed by atoms with van der Waals surface area (Å²) in [6, 6.07) is 12.6. The summed E-state index contributed by atoms with van der Waals surface area (Å²) < 4.78 is 16.0. The van der Waals surface area contributed by atoms with Crippen LogP contribution in [0.5, 0.6) is 17.2 Å². The Morgan fingerprint density at radius 1 is 0.893 bits per heavy atom. The maximum Gasteiger partial charge on any atom is 0.249 e. The summed E-state index contributed by atoms with van der Waals surface area (Å²) in [5, 5.41) is 23.0. The molecule has 9 heteroatoms. The highest BCUT2D eigenvalue weighted by Crippen LogP contribution is 2.40. The lowest BCUT2D eigenvalue weighted by Gasteiger charge is -2.14. The van der Waals surface area contributed by atoms with Crippen LogP contribution >= 0.6 is 0 Å². The predicted octanol–water partition coefficient (Wildman–Crippen LogP) is 3.26. The van der Waals surface area contributed by atoms with E-state index in [9.17, 15) is 0 Å². The van der Waals surface area contributed by atoms with Crippen LogP contribution in [0.25, 0.3) is 0 Å². The fraction of sp³-hybridized carbons (Fsp3) is 0.158. The number of methoxy groups -OCH3 is 3. The van der Waals surface area contributed by atoms with Crippen LogP contribution in [0.15, 0.2) is 42.6 Å². The third kappa shape index (κ3) is 4.19. The van der Waals surface area contributed by atoms with Crippen LogP contribution in [-0.2, 0) is 0 Å². The summed E-state index contributed by atoms with van der Waals surface area (Å²) in [5.74, 6) is 2.28. The van der Waals surface area contributed by atoms with Gasteiger partial charge in [-0.15, -0.1) is 5.10 Å². The zero-order valence-corrected chi connectivity index (χ0v) is 15.6. The Labute approximate surface area is 161 Å². The molecule has 0 saturated heterocycles. The van der Waals surface area contributed by atoms with Crippen molar-refractivity contribution in [2.45, 2.75) is 0 Å². The van der Waals surface area contributed by atoms with E-state index in [-0.39, 0.29) is 5.95 Å².